The molecule has 3 aromatic rings. The quantitative estimate of drug-likeness (QED) is 0.688. The zero-order valence-electron chi connectivity index (χ0n) is 17.3. The van der Waals surface area contributed by atoms with Crippen molar-refractivity contribution in [1.29, 1.82) is 0 Å². The van der Waals surface area contributed by atoms with Crippen molar-refractivity contribution in [1.82, 2.24) is 19.6 Å². The van der Waals surface area contributed by atoms with Gasteiger partial charge in [-0.2, -0.15) is 5.10 Å². The molecule has 1 aromatic heterocycles. The van der Waals surface area contributed by atoms with Gasteiger partial charge >= 0.3 is 0 Å². The van der Waals surface area contributed by atoms with Crippen molar-refractivity contribution in [3.05, 3.63) is 77.9 Å². The van der Waals surface area contributed by atoms with E-state index in [4.69, 9.17) is 0 Å². The van der Waals surface area contributed by atoms with Crippen LogP contribution in [0.3, 0.4) is 0 Å². The molecule has 2 heterocycles. The maximum Gasteiger partial charge on any atom is 0.258 e. The van der Waals surface area contributed by atoms with E-state index >= 15 is 0 Å². The molecule has 0 spiro atoms. The molecule has 7 nitrogen and oxygen atoms in total. The van der Waals surface area contributed by atoms with Crippen molar-refractivity contribution < 1.29 is 14.0 Å². The van der Waals surface area contributed by atoms with Crippen LogP contribution in [0.4, 0.5) is 10.1 Å². The maximum atomic E-state index is 14.0. The summed E-state index contributed by atoms with van der Waals surface area (Å²) >= 11 is 0. The highest BCUT2D eigenvalue weighted by Crippen LogP contribution is 2.20. The summed E-state index contributed by atoms with van der Waals surface area (Å²) in [7, 11) is 0. The van der Waals surface area contributed by atoms with Gasteiger partial charge in [0.2, 0.25) is 5.91 Å². The molecule has 2 amide bonds. The van der Waals surface area contributed by atoms with E-state index in [1.54, 1.807) is 25.1 Å². The summed E-state index contributed by atoms with van der Waals surface area (Å²) in [5, 5.41) is 7.07. The van der Waals surface area contributed by atoms with Gasteiger partial charge < -0.3 is 10.2 Å². The van der Waals surface area contributed by atoms with E-state index in [-0.39, 0.29) is 17.5 Å². The lowest BCUT2D eigenvalue weighted by Crippen LogP contribution is -2.47. The SMILES string of the molecule is CC(=O)N1CCN(Cc2ccccc2NC(=O)c2cnn(-c3ccccc3F)c2)CC1. The van der Waals surface area contributed by atoms with Crippen molar-refractivity contribution in [3.8, 4) is 5.69 Å². The number of carbonyl (C=O) groups is 2. The van der Waals surface area contributed by atoms with E-state index in [0.717, 1.165) is 24.3 Å². The molecule has 1 aliphatic rings. The lowest BCUT2D eigenvalue weighted by Gasteiger charge is -2.34. The van der Waals surface area contributed by atoms with E-state index < -0.39 is 5.82 Å². The Labute approximate surface area is 180 Å². The average Bonchev–Trinajstić information content (AvgIpc) is 3.26. The van der Waals surface area contributed by atoms with Crippen LogP contribution in [0.1, 0.15) is 22.8 Å². The Hall–Kier alpha value is -3.52. The lowest BCUT2D eigenvalue weighted by molar-refractivity contribution is -0.130. The second kappa shape index (κ2) is 9.09. The van der Waals surface area contributed by atoms with Crippen LogP contribution in [0.15, 0.2) is 60.9 Å². The number of anilines is 1. The van der Waals surface area contributed by atoms with Gasteiger partial charge in [-0.15, -0.1) is 0 Å². The number of carbonyl (C=O) groups excluding carboxylic acids is 2. The van der Waals surface area contributed by atoms with E-state index in [1.165, 1.54) is 23.1 Å². The lowest BCUT2D eigenvalue weighted by atomic mass is 10.1. The van der Waals surface area contributed by atoms with E-state index in [1.807, 2.05) is 29.2 Å². The number of amides is 2. The van der Waals surface area contributed by atoms with Crippen LogP contribution in [0.25, 0.3) is 5.69 Å². The Morgan fingerprint density at radius 3 is 2.48 bits per heavy atom. The number of rotatable bonds is 5. The summed E-state index contributed by atoms with van der Waals surface area (Å²) in [4.78, 5) is 28.4. The number of benzene rings is 2. The van der Waals surface area contributed by atoms with Gasteiger partial charge in [-0.25, -0.2) is 9.07 Å². The Kier molecular flexibility index (Phi) is 6.08. The second-order valence-corrected chi connectivity index (χ2v) is 7.52. The Bertz CT molecular complexity index is 1090. The first-order chi connectivity index (χ1) is 15.0. The summed E-state index contributed by atoms with van der Waals surface area (Å²) in [5.41, 5.74) is 2.34. The van der Waals surface area contributed by atoms with Crippen molar-refractivity contribution >= 4 is 17.5 Å². The molecule has 0 unspecified atom stereocenters. The number of nitrogens with one attached hydrogen (secondary N) is 1. The maximum absolute atomic E-state index is 14.0. The third kappa shape index (κ3) is 4.80. The van der Waals surface area contributed by atoms with Crippen LogP contribution in [-0.2, 0) is 11.3 Å². The Morgan fingerprint density at radius 2 is 1.74 bits per heavy atom. The second-order valence-electron chi connectivity index (χ2n) is 7.52. The van der Waals surface area contributed by atoms with Crippen LogP contribution in [0, 0.1) is 5.82 Å². The van der Waals surface area contributed by atoms with Crippen molar-refractivity contribution in [2.24, 2.45) is 0 Å². The van der Waals surface area contributed by atoms with Crippen molar-refractivity contribution in [2.75, 3.05) is 31.5 Å². The number of nitrogens with zero attached hydrogens (tertiary/aromatic N) is 4. The molecule has 0 atom stereocenters. The predicted octanol–water partition coefficient (Wildman–Crippen LogP) is 2.93. The number of halogens is 1. The van der Waals surface area contributed by atoms with Crippen LogP contribution < -0.4 is 5.32 Å². The van der Waals surface area contributed by atoms with Gasteiger partial charge in [0.1, 0.15) is 11.5 Å². The molecule has 8 heteroatoms. The highest BCUT2D eigenvalue weighted by atomic mass is 19.1. The number of aromatic nitrogens is 2. The summed E-state index contributed by atoms with van der Waals surface area (Å²) in [6.45, 7) is 5.26. The molecule has 1 N–H and O–H groups in total. The third-order valence-corrected chi connectivity index (χ3v) is 5.42. The number of piperazine rings is 1. The molecular weight excluding hydrogens is 397 g/mol. The molecule has 1 saturated heterocycles. The van der Waals surface area contributed by atoms with Crippen LogP contribution in [0.2, 0.25) is 0 Å². The third-order valence-electron chi connectivity index (χ3n) is 5.42. The highest BCUT2D eigenvalue weighted by Gasteiger charge is 2.20. The smallest absolute Gasteiger partial charge is 0.258 e. The van der Waals surface area contributed by atoms with Gasteiger partial charge in [0.05, 0.1) is 11.8 Å². The normalized spacial score (nSPS) is 14.5. The largest absolute Gasteiger partial charge is 0.340 e. The molecule has 31 heavy (non-hydrogen) atoms. The summed E-state index contributed by atoms with van der Waals surface area (Å²) in [5.74, 6) is -0.618. The molecule has 1 fully saturated rings. The minimum atomic E-state index is -0.409. The van der Waals surface area contributed by atoms with E-state index in [2.05, 4.69) is 15.3 Å². The fourth-order valence-electron chi connectivity index (χ4n) is 3.65. The zero-order chi connectivity index (χ0) is 21.8. The summed E-state index contributed by atoms with van der Waals surface area (Å²) in [6.07, 6.45) is 2.93. The topological polar surface area (TPSA) is 70.5 Å². The standard InChI is InChI=1S/C23H24FN5O2/c1-17(30)28-12-10-27(11-13-28)15-18-6-2-4-8-21(18)26-23(31)19-14-25-29(16-19)22-9-5-3-7-20(22)24/h2-9,14,16H,10-13,15H2,1H3,(H,26,31). The fraction of sp³-hybridized carbons (Fsp3) is 0.261. The fourth-order valence-corrected chi connectivity index (χ4v) is 3.65. The van der Waals surface area contributed by atoms with Gasteiger partial charge in [-0.1, -0.05) is 30.3 Å². The summed E-state index contributed by atoms with van der Waals surface area (Å²) in [6, 6.07) is 13.9. The number of hydrogen-bond donors (Lipinski definition) is 1. The number of para-hydroxylation sites is 2. The molecule has 0 bridgehead atoms. The van der Waals surface area contributed by atoms with Gasteiger partial charge in [-0.3, -0.25) is 14.5 Å². The first-order valence-corrected chi connectivity index (χ1v) is 10.2. The highest BCUT2D eigenvalue weighted by molar-refractivity contribution is 6.04. The molecular formula is C23H24FN5O2. The minimum absolute atomic E-state index is 0.100. The molecule has 0 radical (unpaired) electrons. The van der Waals surface area contributed by atoms with Crippen molar-refractivity contribution in [2.45, 2.75) is 13.5 Å². The van der Waals surface area contributed by atoms with Crippen LogP contribution in [0.5, 0.6) is 0 Å². The summed E-state index contributed by atoms with van der Waals surface area (Å²) < 4.78 is 15.3. The molecule has 1 aliphatic heterocycles. The Balaban J connectivity index is 1.44. The first kappa shape index (κ1) is 20.7. The number of hydrogen-bond acceptors (Lipinski definition) is 4. The first-order valence-electron chi connectivity index (χ1n) is 10.2. The van der Waals surface area contributed by atoms with Gasteiger partial charge in [0, 0.05) is 51.5 Å². The molecule has 2 aromatic carbocycles. The van der Waals surface area contributed by atoms with Crippen molar-refractivity contribution in [3.63, 3.8) is 0 Å². The predicted molar refractivity (Wildman–Crippen MR) is 115 cm³/mol. The molecule has 0 saturated carbocycles. The molecule has 0 aliphatic carbocycles. The monoisotopic (exact) mass is 421 g/mol. The van der Waals surface area contributed by atoms with Crippen LogP contribution in [-0.4, -0.2) is 57.6 Å². The van der Waals surface area contributed by atoms with Gasteiger partial charge in [0.15, 0.2) is 0 Å². The van der Waals surface area contributed by atoms with E-state index in [9.17, 15) is 14.0 Å². The Morgan fingerprint density at radius 1 is 1.03 bits per heavy atom. The minimum Gasteiger partial charge on any atom is -0.340 e. The van der Waals surface area contributed by atoms with Gasteiger partial charge in [-0.05, 0) is 23.8 Å². The molecule has 4 rings (SSSR count). The zero-order valence-corrected chi connectivity index (χ0v) is 17.3. The van der Waals surface area contributed by atoms with Gasteiger partial charge in [0.25, 0.3) is 5.91 Å². The van der Waals surface area contributed by atoms with Crippen LogP contribution >= 0.6 is 0 Å². The van der Waals surface area contributed by atoms with E-state index in [0.29, 0.717) is 25.2 Å². The molecule has 160 valence electrons. The average molecular weight is 421 g/mol.